The van der Waals surface area contributed by atoms with E-state index in [1.807, 2.05) is 25.3 Å². The second-order valence-electron chi connectivity index (χ2n) is 2.81. The molecule has 0 atom stereocenters. The number of hydrogen-bond donors (Lipinski definition) is 1. The van der Waals surface area contributed by atoms with E-state index in [0.29, 0.717) is 5.15 Å². The molecule has 0 unspecified atom stereocenters. The molecule has 0 fully saturated rings. The predicted octanol–water partition coefficient (Wildman–Crippen LogP) is 2.43. The Morgan fingerprint density at radius 1 is 1.31 bits per heavy atom. The molecule has 0 saturated heterocycles. The monoisotopic (exact) mass is 193 g/mol. The molecular formula is C9H8ClN3. The molecule has 2 aromatic rings. The smallest absolute Gasteiger partial charge is 0.129 e. The van der Waals surface area contributed by atoms with Gasteiger partial charge in [-0.1, -0.05) is 11.6 Å². The van der Waals surface area contributed by atoms with Gasteiger partial charge < -0.3 is 0 Å². The van der Waals surface area contributed by atoms with Gasteiger partial charge in [0.15, 0.2) is 0 Å². The number of aryl methyl sites for hydroxylation is 1. The molecule has 0 spiro atoms. The van der Waals surface area contributed by atoms with Crippen molar-refractivity contribution in [3.63, 3.8) is 0 Å². The number of rotatable bonds is 1. The summed E-state index contributed by atoms with van der Waals surface area (Å²) in [5.74, 6) is 0. The number of nitrogens with zero attached hydrogens (tertiary/aromatic N) is 2. The van der Waals surface area contributed by atoms with Crippen LogP contribution in [-0.2, 0) is 0 Å². The van der Waals surface area contributed by atoms with Crippen LogP contribution in [0.1, 0.15) is 5.69 Å². The number of nitrogens with one attached hydrogen (secondary N) is 1. The molecule has 0 amide bonds. The van der Waals surface area contributed by atoms with Crippen molar-refractivity contribution >= 4 is 11.6 Å². The highest BCUT2D eigenvalue weighted by molar-refractivity contribution is 6.29. The Morgan fingerprint density at radius 3 is 2.77 bits per heavy atom. The largest absolute Gasteiger partial charge is 0.285 e. The van der Waals surface area contributed by atoms with Gasteiger partial charge in [-0.2, -0.15) is 5.10 Å². The highest BCUT2D eigenvalue weighted by atomic mass is 35.5. The van der Waals surface area contributed by atoms with Crippen molar-refractivity contribution in [2.45, 2.75) is 6.92 Å². The lowest BCUT2D eigenvalue weighted by Gasteiger charge is -1.99. The lowest BCUT2D eigenvalue weighted by atomic mass is 10.1. The molecule has 0 radical (unpaired) electrons. The number of hydrogen-bond acceptors (Lipinski definition) is 2. The molecular weight excluding hydrogens is 186 g/mol. The minimum absolute atomic E-state index is 0.510. The van der Waals surface area contributed by atoms with Crippen molar-refractivity contribution in [2.24, 2.45) is 0 Å². The normalized spacial score (nSPS) is 10.3. The van der Waals surface area contributed by atoms with Gasteiger partial charge in [0.2, 0.25) is 0 Å². The number of pyridine rings is 1. The Kier molecular flexibility index (Phi) is 2.02. The van der Waals surface area contributed by atoms with E-state index in [4.69, 9.17) is 11.6 Å². The quantitative estimate of drug-likeness (QED) is 0.707. The van der Waals surface area contributed by atoms with Crippen LogP contribution < -0.4 is 0 Å². The molecule has 2 heterocycles. The summed E-state index contributed by atoms with van der Waals surface area (Å²) < 4.78 is 0. The van der Waals surface area contributed by atoms with E-state index in [-0.39, 0.29) is 0 Å². The maximum Gasteiger partial charge on any atom is 0.129 e. The minimum atomic E-state index is 0.510. The number of aromatic amines is 1. The van der Waals surface area contributed by atoms with Gasteiger partial charge in [-0.25, -0.2) is 4.98 Å². The summed E-state index contributed by atoms with van der Waals surface area (Å²) in [6.45, 7) is 1.91. The third-order valence-corrected chi connectivity index (χ3v) is 1.95. The first-order valence-corrected chi connectivity index (χ1v) is 4.27. The number of H-pyrrole nitrogens is 1. The third kappa shape index (κ3) is 1.70. The fraction of sp³-hybridized carbons (Fsp3) is 0.111. The SMILES string of the molecule is Cc1cc(-c2cn[nH]c2)cc(Cl)n1. The van der Waals surface area contributed by atoms with Crippen LogP contribution in [0.5, 0.6) is 0 Å². The van der Waals surface area contributed by atoms with Gasteiger partial charge >= 0.3 is 0 Å². The van der Waals surface area contributed by atoms with Crippen LogP contribution in [0.25, 0.3) is 11.1 Å². The topological polar surface area (TPSA) is 41.6 Å². The van der Waals surface area contributed by atoms with Crippen molar-refractivity contribution < 1.29 is 0 Å². The van der Waals surface area contributed by atoms with Crippen molar-refractivity contribution in [3.8, 4) is 11.1 Å². The second kappa shape index (κ2) is 3.18. The molecule has 66 valence electrons. The standard InChI is InChI=1S/C9H8ClN3/c1-6-2-7(3-9(10)13-6)8-4-11-12-5-8/h2-5H,1H3,(H,11,12). The summed E-state index contributed by atoms with van der Waals surface area (Å²) in [5.41, 5.74) is 2.96. The van der Waals surface area contributed by atoms with E-state index >= 15 is 0 Å². The van der Waals surface area contributed by atoms with E-state index in [2.05, 4.69) is 15.2 Å². The Morgan fingerprint density at radius 2 is 2.15 bits per heavy atom. The molecule has 2 aromatic heterocycles. The fourth-order valence-electron chi connectivity index (χ4n) is 1.20. The van der Waals surface area contributed by atoms with Gasteiger partial charge in [0, 0.05) is 17.5 Å². The van der Waals surface area contributed by atoms with E-state index in [1.165, 1.54) is 0 Å². The fourth-order valence-corrected chi connectivity index (χ4v) is 1.45. The first-order chi connectivity index (χ1) is 6.25. The van der Waals surface area contributed by atoms with Crippen molar-refractivity contribution in [1.29, 1.82) is 0 Å². The molecule has 3 nitrogen and oxygen atoms in total. The third-order valence-electron chi connectivity index (χ3n) is 1.75. The van der Waals surface area contributed by atoms with Crippen LogP contribution in [0.2, 0.25) is 5.15 Å². The van der Waals surface area contributed by atoms with Crippen LogP contribution in [0.15, 0.2) is 24.5 Å². The zero-order chi connectivity index (χ0) is 9.26. The molecule has 4 heteroatoms. The Hall–Kier alpha value is -1.35. The van der Waals surface area contributed by atoms with Gasteiger partial charge in [0.05, 0.1) is 6.20 Å². The van der Waals surface area contributed by atoms with Gasteiger partial charge in [-0.15, -0.1) is 0 Å². The van der Waals surface area contributed by atoms with Crippen molar-refractivity contribution in [2.75, 3.05) is 0 Å². The van der Waals surface area contributed by atoms with E-state index < -0.39 is 0 Å². The number of halogens is 1. The lowest BCUT2D eigenvalue weighted by Crippen LogP contribution is -1.83. The average Bonchev–Trinajstić information content (AvgIpc) is 2.53. The molecule has 13 heavy (non-hydrogen) atoms. The Balaban J connectivity index is 2.53. The van der Waals surface area contributed by atoms with Crippen LogP contribution in [-0.4, -0.2) is 15.2 Å². The molecule has 1 N–H and O–H groups in total. The van der Waals surface area contributed by atoms with Crippen LogP contribution in [0, 0.1) is 6.92 Å². The Labute approximate surface area is 80.8 Å². The zero-order valence-electron chi connectivity index (χ0n) is 7.08. The van der Waals surface area contributed by atoms with E-state index in [9.17, 15) is 0 Å². The van der Waals surface area contributed by atoms with Crippen molar-refractivity contribution in [1.82, 2.24) is 15.2 Å². The lowest BCUT2D eigenvalue weighted by molar-refractivity contribution is 1.09. The second-order valence-corrected chi connectivity index (χ2v) is 3.19. The predicted molar refractivity (Wildman–Crippen MR) is 51.6 cm³/mol. The van der Waals surface area contributed by atoms with Crippen molar-refractivity contribution in [3.05, 3.63) is 35.4 Å². The molecule has 0 aliphatic rings. The summed E-state index contributed by atoms with van der Waals surface area (Å²) in [5, 5.41) is 7.13. The summed E-state index contributed by atoms with van der Waals surface area (Å²) in [6, 6.07) is 3.79. The first kappa shape index (κ1) is 8.26. The van der Waals surface area contributed by atoms with Gasteiger partial charge in [-0.3, -0.25) is 5.10 Å². The van der Waals surface area contributed by atoms with Crippen LogP contribution >= 0.6 is 11.6 Å². The summed E-state index contributed by atoms with van der Waals surface area (Å²) in [4.78, 5) is 4.08. The molecule has 0 aliphatic heterocycles. The summed E-state index contributed by atoms with van der Waals surface area (Å²) >= 11 is 5.83. The molecule has 0 bridgehead atoms. The molecule has 0 aliphatic carbocycles. The highest BCUT2D eigenvalue weighted by Gasteiger charge is 2.01. The average molecular weight is 194 g/mol. The van der Waals surface area contributed by atoms with Gasteiger partial charge in [0.1, 0.15) is 5.15 Å². The maximum atomic E-state index is 5.83. The highest BCUT2D eigenvalue weighted by Crippen LogP contribution is 2.21. The van der Waals surface area contributed by atoms with Crippen LogP contribution in [0.3, 0.4) is 0 Å². The molecule has 0 saturated carbocycles. The molecule has 0 aromatic carbocycles. The minimum Gasteiger partial charge on any atom is -0.285 e. The zero-order valence-corrected chi connectivity index (χ0v) is 7.84. The van der Waals surface area contributed by atoms with E-state index in [1.54, 1.807) is 6.20 Å². The maximum absolute atomic E-state index is 5.83. The Bertz CT molecular complexity index is 389. The van der Waals surface area contributed by atoms with Crippen LogP contribution in [0.4, 0.5) is 0 Å². The number of aromatic nitrogens is 3. The first-order valence-electron chi connectivity index (χ1n) is 3.89. The summed E-state index contributed by atoms with van der Waals surface area (Å²) in [7, 11) is 0. The van der Waals surface area contributed by atoms with E-state index in [0.717, 1.165) is 16.8 Å². The van der Waals surface area contributed by atoms with Gasteiger partial charge in [-0.05, 0) is 24.6 Å². The van der Waals surface area contributed by atoms with Gasteiger partial charge in [0.25, 0.3) is 0 Å². The summed E-state index contributed by atoms with van der Waals surface area (Å²) in [6.07, 6.45) is 3.58. The molecule has 2 rings (SSSR count).